The molecule has 2 aliphatic heterocycles. The summed E-state index contributed by atoms with van der Waals surface area (Å²) in [6.07, 6.45) is 4.99. The summed E-state index contributed by atoms with van der Waals surface area (Å²) < 4.78 is 18.1. The van der Waals surface area contributed by atoms with Gasteiger partial charge in [-0.15, -0.1) is 0 Å². The van der Waals surface area contributed by atoms with Crippen molar-refractivity contribution in [2.45, 2.75) is 49.3 Å². The van der Waals surface area contributed by atoms with E-state index in [0.29, 0.717) is 12.0 Å². The van der Waals surface area contributed by atoms with Gasteiger partial charge >= 0.3 is 0 Å². The van der Waals surface area contributed by atoms with E-state index in [4.69, 9.17) is 14.2 Å². The van der Waals surface area contributed by atoms with E-state index < -0.39 is 0 Å². The summed E-state index contributed by atoms with van der Waals surface area (Å²) in [4.78, 5) is 2.57. The highest BCUT2D eigenvalue weighted by molar-refractivity contribution is 5.61. The van der Waals surface area contributed by atoms with E-state index in [9.17, 15) is 0 Å². The van der Waals surface area contributed by atoms with E-state index >= 15 is 0 Å². The molecule has 124 valence electrons. The SMILES string of the molecule is COc1ccc2c3c1O[C@@H]1C(OC)CCC4C(C2)N(C)CC[C@@]341. The number of likely N-dealkylation sites (N-methyl/N-ethyl adjacent to an activating group) is 1. The van der Waals surface area contributed by atoms with E-state index in [1.165, 1.54) is 24.0 Å². The van der Waals surface area contributed by atoms with Crippen LogP contribution in [0.15, 0.2) is 12.1 Å². The summed E-state index contributed by atoms with van der Waals surface area (Å²) in [7, 11) is 5.87. The van der Waals surface area contributed by atoms with E-state index in [-0.39, 0.29) is 17.6 Å². The predicted molar refractivity (Wildman–Crippen MR) is 87.3 cm³/mol. The van der Waals surface area contributed by atoms with Crippen molar-refractivity contribution in [1.29, 1.82) is 0 Å². The van der Waals surface area contributed by atoms with Gasteiger partial charge in [-0.3, -0.25) is 0 Å². The number of likely N-dealkylation sites (tertiary alicyclic amines) is 1. The van der Waals surface area contributed by atoms with Crippen LogP contribution in [0.5, 0.6) is 11.5 Å². The second-order valence-corrected chi connectivity index (χ2v) is 7.67. The number of rotatable bonds is 2. The molecule has 0 amide bonds. The Hall–Kier alpha value is -1.26. The predicted octanol–water partition coefficient (Wildman–Crippen LogP) is 2.38. The van der Waals surface area contributed by atoms with Gasteiger partial charge in [-0.1, -0.05) is 6.07 Å². The third kappa shape index (κ3) is 1.54. The fourth-order valence-corrected chi connectivity index (χ4v) is 6.08. The quantitative estimate of drug-likeness (QED) is 0.838. The molecule has 2 fully saturated rings. The third-order valence-corrected chi connectivity index (χ3v) is 7.05. The van der Waals surface area contributed by atoms with Gasteiger partial charge in [-0.25, -0.2) is 0 Å². The number of piperidine rings is 1. The lowest BCUT2D eigenvalue weighted by atomic mass is 9.51. The molecule has 1 saturated heterocycles. The van der Waals surface area contributed by atoms with Gasteiger partial charge in [0.05, 0.1) is 13.2 Å². The minimum atomic E-state index is 0.132. The molecule has 3 unspecified atom stereocenters. The maximum atomic E-state index is 6.57. The van der Waals surface area contributed by atoms with Gasteiger partial charge in [0.15, 0.2) is 11.5 Å². The summed E-state index contributed by atoms with van der Waals surface area (Å²) in [5.41, 5.74) is 3.05. The Morgan fingerprint density at radius 2 is 2.13 bits per heavy atom. The molecule has 5 rings (SSSR count). The first-order chi connectivity index (χ1) is 11.2. The van der Waals surface area contributed by atoms with Crippen LogP contribution in [0, 0.1) is 5.92 Å². The van der Waals surface area contributed by atoms with Crippen LogP contribution in [0.3, 0.4) is 0 Å². The van der Waals surface area contributed by atoms with Crippen LogP contribution in [0.25, 0.3) is 0 Å². The average molecular weight is 315 g/mol. The first kappa shape index (κ1) is 14.1. The molecule has 4 heteroatoms. The summed E-state index contributed by atoms with van der Waals surface area (Å²) in [5, 5.41) is 0. The highest BCUT2D eigenvalue weighted by Gasteiger charge is 2.65. The zero-order chi connectivity index (χ0) is 15.8. The largest absolute Gasteiger partial charge is 0.493 e. The normalized spacial score (nSPS) is 40.5. The average Bonchev–Trinajstić information content (AvgIpc) is 2.92. The Bertz CT molecular complexity index is 660. The maximum absolute atomic E-state index is 6.57. The van der Waals surface area contributed by atoms with Crippen LogP contribution in [0.2, 0.25) is 0 Å². The van der Waals surface area contributed by atoms with Gasteiger partial charge in [0.25, 0.3) is 0 Å². The van der Waals surface area contributed by atoms with Crippen molar-refractivity contribution in [2.75, 3.05) is 27.8 Å². The van der Waals surface area contributed by atoms with Crippen molar-refractivity contribution in [3.63, 3.8) is 0 Å². The van der Waals surface area contributed by atoms with Crippen LogP contribution < -0.4 is 9.47 Å². The van der Waals surface area contributed by atoms with Crippen molar-refractivity contribution in [3.8, 4) is 11.5 Å². The lowest BCUT2D eigenvalue weighted by molar-refractivity contribution is -0.111. The van der Waals surface area contributed by atoms with Gasteiger partial charge < -0.3 is 19.1 Å². The second kappa shape index (κ2) is 4.64. The summed E-state index contributed by atoms with van der Waals surface area (Å²) >= 11 is 0. The molecule has 1 aromatic carbocycles. The monoisotopic (exact) mass is 315 g/mol. The number of hydrogen-bond acceptors (Lipinski definition) is 4. The van der Waals surface area contributed by atoms with Crippen molar-refractivity contribution in [3.05, 3.63) is 23.3 Å². The fourth-order valence-electron chi connectivity index (χ4n) is 6.08. The maximum Gasteiger partial charge on any atom is 0.165 e. The minimum Gasteiger partial charge on any atom is -0.493 e. The van der Waals surface area contributed by atoms with Gasteiger partial charge in [0, 0.05) is 24.1 Å². The molecule has 4 aliphatic rings. The molecular formula is C19H25NO3. The number of benzene rings is 1. The molecule has 2 bridgehead atoms. The zero-order valence-electron chi connectivity index (χ0n) is 14.2. The fraction of sp³-hybridized carbons (Fsp3) is 0.684. The third-order valence-electron chi connectivity index (χ3n) is 7.05. The molecule has 4 nitrogen and oxygen atoms in total. The summed E-state index contributed by atoms with van der Waals surface area (Å²) in [6, 6.07) is 4.99. The highest BCUT2D eigenvalue weighted by Crippen LogP contribution is 2.63. The van der Waals surface area contributed by atoms with E-state index in [2.05, 4.69) is 24.1 Å². The van der Waals surface area contributed by atoms with Crippen molar-refractivity contribution >= 4 is 0 Å². The molecule has 2 heterocycles. The Kier molecular flexibility index (Phi) is 2.85. The first-order valence-electron chi connectivity index (χ1n) is 8.80. The molecule has 1 aromatic rings. The smallest absolute Gasteiger partial charge is 0.165 e. The number of hydrogen-bond donors (Lipinski definition) is 0. The molecule has 0 N–H and O–H groups in total. The summed E-state index contributed by atoms with van der Waals surface area (Å²) in [5.74, 6) is 2.57. The van der Waals surface area contributed by atoms with Crippen LogP contribution >= 0.6 is 0 Å². The van der Waals surface area contributed by atoms with Crippen LogP contribution in [-0.4, -0.2) is 51.0 Å². The molecule has 0 radical (unpaired) electrons. The van der Waals surface area contributed by atoms with Crippen molar-refractivity contribution in [1.82, 2.24) is 4.90 Å². The minimum absolute atomic E-state index is 0.132. The molecule has 23 heavy (non-hydrogen) atoms. The van der Waals surface area contributed by atoms with Gasteiger partial charge in [-0.2, -0.15) is 0 Å². The first-order valence-corrected chi connectivity index (χ1v) is 8.80. The van der Waals surface area contributed by atoms with Gasteiger partial charge in [-0.05, 0) is 56.8 Å². The highest BCUT2D eigenvalue weighted by atomic mass is 16.6. The van der Waals surface area contributed by atoms with Crippen molar-refractivity contribution < 1.29 is 14.2 Å². The molecule has 1 saturated carbocycles. The molecule has 0 aromatic heterocycles. The number of methoxy groups -OCH3 is 2. The standard InChI is InChI=1S/C19H25NO3/c1-20-9-8-19-12-5-7-15(22-3)18(19)23-17-14(21-2)6-4-11(16(17)19)10-13(12)20/h4,6,12-13,15,18H,5,7-10H2,1-3H3/t12?,13?,15?,18-,19+/m1/s1. The Labute approximate surface area is 137 Å². The topological polar surface area (TPSA) is 30.9 Å². The molecule has 2 aliphatic carbocycles. The Balaban J connectivity index is 1.77. The lowest BCUT2D eigenvalue weighted by Gasteiger charge is -2.58. The second-order valence-electron chi connectivity index (χ2n) is 7.67. The number of nitrogens with zero attached hydrogens (tertiary/aromatic N) is 1. The molecule has 1 spiro atoms. The van der Waals surface area contributed by atoms with Crippen LogP contribution in [0.4, 0.5) is 0 Å². The van der Waals surface area contributed by atoms with E-state index in [0.717, 1.165) is 30.9 Å². The van der Waals surface area contributed by atoms with E-state index in [1.807, 2.05) is 7.11 Å². The Morgan fingerprint density at radius 3 is 2.91 bits per heavy atom. The van der Waals surface area contributed by atoms with Gasteiger partial charge in [0.2, 0.25) is 0 Å². The van der Waals surface area contributed by atoms with Crippen molar-refractivity contribution in [2.24, 2.45) is 5.92 Å². The molecular weight excluding hydrogens is 290 g/mol. The van der Waals surface area contributed by atoms with Crippen LogP contribution in [0.1, 0.15) is 30.4 Å². The molecule has 5 atom stereocenters. The lowest BCUT2D eigenvalue weighted by Crippen LogP contribution is -2.66. The van der Waals surface area contributed by atoms with Crippen LogP contribution in [-0.2, 0) is 16.6 Å². The van der Waals surface area contributed by atoms with E-state index in [1.54, 1.807) is 7.11 Å². The summed E-state index contributed by atoms with van der Waals surface area (Å²) in [6.45, 7) is 1.15. The van der Waals surface area contributed by atoms with Gasteiger partial charge in [0.1, 0.15) is 6.10 Å². The number of ether oxygens (including phenoxy) is 3. The zero-order valence-corrected chi connectivity index (χ0v) is 14.2. The Morgan fingerprint density at radius 1 is 1.26 bits per heavy atom.